The fourth-order valence-corrected chi connectivity index (χ4v) is 3.58. The molecule has 0 fully saturated rings. The molecule has 1 unspecified atom stereocenters. The summed E-state index contributed by atoms with van der Waals surface area (Å²) in [5.74, 6) is -1.02. The van der Waals surface area contributed by atoms with Gasteiger partial charge in [-0.3, -0.25) is 0 Å². The second kappa shape index (κ2) is 6.75. The summed E-state index contributed by atoms with van der Waals surface area (Å²) in [6.07, 6.45) is -1.06. The first kappa shape index (κ1) is 16.9. The summed E-state index contributed by atoms with van der Waals surface area (Å²) in [6.45, 7) is 1.50. The van der Waals surface area contributed by atoms with E-state index in [0.717, 1.165) is 6.07 Å². The van der Waals surface area contributed by atoms with Crippen molar-refractivity contribution >= 4 is 21.6 Å². The first-order valence-corrected chi connectivity index (χ1v) is 8.38. The lowest BCUT2D eigenvalue weighted by atomic mass is 10.0. The number of halogens is 2. The first-order valence-electron chi connectivity index (χ1n) is 6.52. The normalized spacial score (nSPS) is 14.5. The molecular formula is C15H15ClFNO3S. The zero-order chi connectivity index (χ0) is 16.3. The highest BCUT2D eigenvalue weighted by Crippen LogP contribution is 2.23. The van der Waals surface area contributed by atoms with Crippen molar-refractivity contribution in [3.05, 3.63) is 64.9 Å². The van der Waals surface area contributed by atoms with Crippen molar-refractivity contribution in [1.29, 1.82) is 0 Å². The van der Waals surface area contributed by atoms with Gasteiger partial charge in [-0.15, -0.1) is 0 Å². The summed E-state index contributed by atoms with van der Waals surface area (Å²) < 4.78 is 40.6. The van der Waals surface area contributed by atoms with Crippen LogP contribution in [-0.4, -0.2) is 19.6 Å². The van der Waals surface area contributed by atoms with Crippen LogP contribution < -0.4 is 4.72 Å². The van der Waals surface area contributed by atoms with Gasteiger partial charge in [-0.05, 0) is 24.6 Å². The lowest BCUT2D eigenvalue weighted by molar-refractivity contribution is 0.146. The maximum atomic E-state index is 13.9. The second-order valence-corrected chi connectivity index (χ2v) is 6.91. The summed E-state index contributed by atoms with van der Waals surface area (Å²) in [4.78, 5) is -0.549. The number of hydrogen-bond donors (Lipinski definition) is 2. The third-order valence-corrected chi connectivity index (χ3v) is 5.03. The Morgan fingerprint density at radius 2 is 1.77 bits per heavy atom. The molecule has 0 bridgehead atoms. The van der Waals surface area contributed by atoms with Crippen molar-refractivity contribution in [3.8, 4) is 0 Å². The molecule has 0 radical (unpaired) electrons. The summed E-state index contributed by atoms with van der Waals surface area (Å²) in [7, 11) is -4.14. The molecule has 22 heavy (non-hydrogen) atoms. The number of sulfonamides is 1. The third-order valence-electron chi connectivity index (χ3n) is 3.16. The lowest BCUT2D eigenvalue weighted by Crippen LogP contribution is -2.37. The van der Waals surface area contributed by atoms with Crippen LogP contribution in [0.3, 0.4) is 0 Å². The first-order chi connectivity index (χ1) is 10.3. The molecule has 2 aromatic carbocycles. The van der Waals surface area contributed by atoms with Crippen molar-refractivity contribution in [1.82, 2.24) is 4.72 Å². The minimum Gasteiger partial charge on any atom is -0.387 e. The van der Waals surface area contributed by atoms with Crippen LogP contribution in [0.15, 0.2) is 53.4 Å². The van der Waals surface area contributed by atoms with Gasteiger partial charge in [0.25, 0.3) is 0 Å². The second-order valence-electron chi connectivity index (χ2n) is 4.82. The number of nitrogens with one attached hydrogen (secondary N) is 1. The van der Waals surface area contributed by atoms with Gasteiger partial charge in [0.15, 0.2) is 5.82 Å². The van der Waals surface area contributed by atoms with Gasteiger partial charge in [0, 0.05) is 6.04 Å². The van der Waals surface area contributed by atoms with Crippen LogP contribution >= 0.6 is 11.6 Å². The van der Waals surface area contributed by atoms with Crippen LogP contribution in [0.2, 0.25) is 5.02 Å². The lowest BCUT2D eigenvalue weighted by Gasteiger charge is -2.20. The highest BCUT2D eigenvalue weighted by Gasteiger charge is 2.26. The van der Waals surface area contributed by atoms with Gasteiger partial charge < -0.3 is 5.11 Å². The number of hydrogen-bond acceptors (Lipinski definition) is 3. The molecule has 0 aliphatic carbocycles. The number of rotatable bonds is 5. The van der Waals surface area contributed by atoms with Crippen molar-refractivity contribution < 1.29 is 17.9 Å². The van der Waals surface area contributed by atoms with Gasteiger partial charge in [0.1, 0.15) is 4.90 Å². The number of aliphatic hydroxyl groups excluding tert-OH is 1. The van der Waals surface area contributed by atoms with Crippen molar-refractivity contribution in [3.63, 3.8) is 0 Å². The van der Waals surface area contributed by atoms with E-state index in [1.165, 1.54) is 19.1 Å². The van der Waals surface area contributed by atoms with Gasteiger partial charge in [0.05, 0.1) is 11.1 Å². The fraction of sp³-hybridized carbons (Fsp3) is 0.200. The predicted molar refractivity (Wildman–Crippen MR) is 82.6 cm³/mol. The third kappa shape index (κ3) is 3.64. The van der Waals surface area contributed by atoms with Gasteiger partial charge in [-0.1, -0.05) is 48.0 Å². The van der Waals surface area contributed by atoms with Gasteiger partial charge in [-0.25, -0.2) is 17.5 Å². The van der Waals surface area contributed by atoms with E-state index in [2.05, 4.69) is 4.72 Å². The average Bonchev–Trinajstić information content (AvgIpc) is 2.49. The van der Waals surface area contributed by atoms with Crippen molar-refractivity contribution in [2.24, 2.45) is 0 Å². The van der Waals surface area contributed by atoms with Crippen molar-refractivity contribution in [2.75, 3.05) is 0 Å². The van der Waals surface area contributed by atoms with E-state index in [0.29, 0.717) is 5.56 Å². The van der Waals surface area contributed by atoms with Crippen molar-refractivity contribution in [2.45, 2.75) is 24.0 Å². The minimum absolute atomic E-state index is 0.279. The summed E-state index contributed by atoms with van der Waals surface area (Å²) in [5.41, 5.74) is 0.560. The Kier molecular flexibility index (Phi) is 5.18. The Labute approximate surface area is 133 Å². The number of aliphatic hydroxyl groups is 1. The predicted octanol–water partition coefficient (Wildman–Crippen LogP) is 2.88. The van der Waals surface area contributed by atoms with Crippen LogP contribution in [0.5, 0.6) is 0 Å². The molecule has 2 rings (SSSR count). The van der Waals surface area contributed by atoms with E-state index in [1.54, 1.807) is 30.3 Å². The largest absolute Gasteiger partial charge is 0.387 e. The summed E-state index contributed by atoms with van der Waals surface area (Å²) >= 11 is 5.60. The van der Waals surface area contributed by atoms with Gasteiger partial charge in [0.2, 0.25) is 10.0 Å². The van der Waals surface area contributed by atoms with E-state index in [4.69, 9.17) is 11.6 Å². The molecule has 2 N–H and O–H groups in total. The van der Waals surface area contributed by atoms with Crippen LogP contribution in [0, 0.1) is 5.82 Å². The standard InChI is InChI=1S/C15H15ClFNO3S/c1-10(15(19)11-6-3-2-4-7-11)18-22(20,21)13-9-5-8-12(16)14(13)17/h2-10,15,18-19H,1H3/t10?,15-/m0/s1. The van der Waals surface area contributed by atoms with E-state index < -0.39 is 32.9 Å². The molecular weight excluding hydrogens is 329 g/mol. The molecule has 0 saturated carbocycles. The Morgan fingerprint density at radius 3 is 2.41 bits per heavy atom. The van der Waals surface area contributed by atoms with E-state index in [9.17, 15) is 17.9 Å². The highest BCUT2D eigenvalue weighted by atomic mass is 35.5. The SMILES string of the molecule is CC(NS(=O)(=O)c1cccc(Cl)c1F)[C@H](O)c1ccccc1. The zero-order valence-electron chi connectivity index (χ0n) is 11.7. The van der Waals surface area contributed by atoms with E-state index in [-0.39, 0.29) is 5.02 Å². The molecule has 0 aliphatic rings. The molecule has 0 heterocycles. The Hall–Kier alpha value is -1.47. The highest BCUT2D eigenvalue weighted by molar-refractivity contribution is 7.89. The monoisotopic (exact) mass is 343 g/mol. The molecule has 4 nitrogen and oxygen atoms in total. The molecule has 0 saturated heterocycles. The van der Waals surface area contributed by atoms with Crippen LogP contribution in [-0.2, 0) is 10.0 Å². The van der Waals surface area contributed by atoms with Gasteiger partial charge >= 0.3 is 0 Å². The maximum Gasteiger partial charge on any atom is 0.243 e. The quantitative estimate of drug-likeness (QED) is 0.877. The smallest absolute Gasteiger partial charge is 0.243 e. The molecule has 118 valence electrons. The fourth-order valence-electron chi connectivity index (χ4n) is 2.00. The molecule has 0 amide bonds. The topological polar surface area (TPSA) is 66.4 Å². The van der Waals surface area contributed by atoms with E-state index >= 15 is 0 Å². The molecule has 0 aliphatic heterocycles. The molecule has 0 spiro atoms. The Balaban J connectivity index is 2.23. The maximum absolute atomic E-state index is 13.9. The summed E-state index contributed by atoms with van der Waals surface area (Å²) in [6, 6.07) is 11.5. The zero-order valence-corrected chi connectivity index (χ0v) is 13.3. The van der Waals surface area contributed by atoms with Crippen LogP contribution in [0.4, 0.5) is 4.39 Å². The summed E-state index contributed by atoms with van der Waals surface area (Å²) in [5, 5.41) is 9.90. The minimum atomic E-state index is -4.14. The van der Waals surface area contributed by atoms with Crippen LogP contribution in [0.1, 0.15) is 18.6 Å². The molecule has 7 heteroatoms. The average molecular weight is 344 g/mol. The molecule has 0 aromatic heterocycles. The van der Waals surface area contributed by atoms with E-state index in [1.807, 2.05) is 0 Å². The molecule has 2 aromatic rings. The number of benzene rings is 2. The molecule has 2 atom stereocenters. The van der Waals surface area contributed by atoms with Gasteiger partial charge in [-0.2, -0.15) is 0 Å². The Morgan fingerprint density at radius 1 is 1.14 bits per heavy atom. The Bertz CT molecular complexity index is 753. The van der Waals surface area contributed by atoms with Crippen LogP contribution in [0.25, 0.3) is 0 Å².